The first-order valence-corrected chi connectivity index (χ1v) is 10.2. The van der Waals surface area contributed by atoms with Gasteiger partial charge in [0.05, 0.1) is 24.1 Å². The Hall–Kier alpha value is -2.60. The Labute approximate surface area is 165 Å². The Morgan fingerprint density at radius 1 is 0.929 bits per heavy atom. The van der Waals surface area contributed by atoms with E-state index in [1.54, 1.807) is 0 Å². The second kappa shape index (κ2) is 7.43. The highest BCUT2D eigenvalue weighted by molar-refractivity contribution is 5.79. The number of amides is 2. The summed E-state index contributed by atoms with van der Waals surface area (Å²) >= 11 is 0. The van der Waals surface area contributed by atoms with Crippen molar-refractivity contribution in [1.29, 1.82) is 0 Å². The van der Waals surface area contributed by atoms with Crippen molar-refractivity contribution in [3.63, 3.8) is 0 Å². The van der Waals surface area contributed by atoms with E-state index in [9.17, 15) is 4.79 Å². The highest BCUT2D eigenvalue weighted by Crippen LogP contribution is 2.31. The lowest BCUT2D eigenvalue weighted by molar-refractivity contribution is -0.0287. The zero-order valence-corrected chi connectivity index (χ0v) is 16.0. The molecule has 0 radical (unpaired) electrons. The summed E-state index contributed by atoms with van der Waals surface area (Å²) in [4.78, 5) is 23.7. The number of benzene rings is 1. The first-order valence-electron chi connectivity index (χ1n) is 10.2. The molecular formula is C22H26N4O2. The summed E-state index contributed by atoms with van der Waals surface area (Å²) in [6.45, 7) is 4.64. The topological polar surface area (TPSA) is 48.9 Å². The molecule has 0 N–H and O–H groups in total. The summed E-state index contributed by atoms with van der Waals surface area (Å²) in [6, 6.07) is 12.7. The molecule has 0 spiro atoms. The smallest absolute Gasteiger partial charge is 0.320 e. The lowest BCUT2D eigenvalue weighted by Gasteiger charge is -2.40. The third-order valence-electron chi connectivity index (χ3n) is 6.09. The lowest BCUT2D eigenvalue weighted by atomic mass is 10.0. The van der Waals surface area contributed by atoms with Crippen LogP contribution in [0.3, 0.4) is 0 Å². The average Bonchev–Trinajstić information content (AvgIpc) is 3.11. The molecule has 1 aromatic carbocycles. The molecule has 3 saturated heterocycles. The lowest BCUT2D eigenvalue weighted by Crippen LogP contribution is -2.56. The van der Waals surface area contributed by atoms with Crippen LogP contribution in [0.5, 0.6) is 0 Å². The quantitative estimate of drug-likeness (QED) is 0.806. The molecule has 28 heavy (non-hydrogen) atoms. The summed E-state index contributed by atoms with van der Waals surface area (Å²) in [5.74, 6) is 0. The van der Waals surface area contributed by atoms with Crippen molar-refractivity contribution < 1.29 is 9.53 Å². The molecule has 2 atom stereocenters. The van der Waals surface area contributed by atoms with Crippen molar-refractivity contribution in [2.45, 2.75) is 25.0 Å². The van der Waals surface area contributed by atoms with Gasteiger partial charge in [0.15, 0.2) is 0 Å². The number of urea groups is 1. The molecule has 3 aliphatic rings. The van der Waals surface area contributed by atoms with Crippen molar-refractivity contribution in [3.8, 4) is 11.1 Å². The summed E-state index contributed by atoms with van der Waals surface area (Å²) < 4.78 is 5.87. The molecule has 4 heterocycles. The average molecular weight is 378 g/mol. The van der Waals surface area contributed by atoms with Gasteiger partial charge in [-0.05, 0) is 24.5 Å². The Morgan fingerprint density at radius 3 is 2.36 bits per heavy atom. The first-order chi connectivity index (χ1) is 13.8. The van der Waals surface area contributed by atoms with Crippen LogP contribution in [-0.4, -0.2) is 72.3 Å². The number of anilines is 1. The van der Waals surface area contributed by atoms with Gasteiger partial charge in [-0.25, -0.2) is 4.79 Å². The van der Waals surface area contributed by atoms with Crippen LogP contribution in [-0.2, 0) is 4.74 Å². The molecular weight excluding hydrogens is 352 g/mol. The van der Waals surface area contributed by atoms with Gasteiger partial charge < -0.3 is 19.4 Å². The number of fused-ring (bicyclic) bond motifs is 2. The predicted molar refractivity (Wildman–Crippen MR) is 108 cm³/mol. The summed E-state index contributed by atoms with van der Waals surface area (Å²) in [6.07, 6.45) is 6.45. The summed E-state index contributed by atoms with van der Waals surface area (Å²) in [7, 11) is 0. The van der Waals surface area contributed by atoms with Gasteiger partial charge in [-0.3, -0.25) is 4.98 Å². The fourth-order valence-electron chi connectivity index (χ4n) is 4.61. The second-order valence-corrected chi connectivity index (χ2v) is 7.88. The van der Waals surface area contributed by atoms with Gasteiger partial charge in [-0.15, -0.1) is 0 Å². The van der Waals surface area contributed by atoms with E-state index in [0.717, 1.165) is 57.8 Å². The molecule has 3 aliphatic heterocycles. The zero-order chi connectivity index (χ0) is 18.9. The van der Waals surface area contributed by atoms with E-state index >= 15 is 0 Å². The number of rotatable bonds is 2. The largest absolute Gasteiger partial charge is 0.371 e. The number of hydrogen-bond acceptors (Lipinski definition) is 4. The van der Waals surface area contributed by atoms with E-state index in [1.807, 2.05) is 28.3 Å². The van der Waals surface area contributed by atoms with Gasteiger partial charge in [0.2, 0.25) is 0 Å². The Morgan fingerprint density at radius 2 is 1.64 bits per heavy atom. The minimum absolute atomic E-state index is 0.175. The number of carbonyl (C=O) groups excluding carboxylic acids is 1. The first kappa shape index (κ1) is 17.5. The van der Waals surface area contributed by atoms with Gasteiger partial charge >= 0.3 is 6.03 Å². The summed E-state index contributed by atoms with van der Waals surface area (Å²) in [5, 5.41) is 0. The number of likely N-dealkylation sites (tertiary alicyclic amines) is 1. The maximum atomic E-state index is 13.0. The van der Waals surface area contributed by atoms with E-state index in [-0.39, 0.29) is 18.2 Å². The Bertz CT molecular complexity index is 823. The maximum Gasteiger partial charge on any atom is 0.320 e. The molecule has 0 saturated carbocycles. The minimum atomic E-state index is 0.175. The van der Waals surface area contributed by atoms with Crippen molar-refractivity contribution in [2.24, 2.45) is 0 Å². The monoisotopic (exact) mass is 378 g/mol. The SMILES string of the molecule is O=C(N1CCN(c2cnccc2-c2ccccc2)CC1)N1CC2CCC(C1)O2. The molecule has 2 aromatic rings. The second-order valence-electron chi connectivity index (χ2n) is 7.88. The molecule has 1 aromatic heterocycles. The fraction of sp³-hybridized carbons (Fsp3) is 0.455. The van der Waals surface area contributed by atoms with Crippen LogP contribution in [0.2, 0.25) is 0 Å². The number of nitrogens with zero attached hydrogens (tertiary/aromatic N) is 4. The molecule has 2 bridgehead atoms. The van der Waals surface area contributed by atoms with E-state index in [1.165, 1.54) is 11.1 Å². The third-order valence-corrected chi connectivity index (χ3v) is 6.09. The van der Waals surface area contributed by atoms with Gasteiger partial charge in [-0.2, -0.15) is 0 Å². The van der Waals surface area contributed by atoms with Crippen LogP contribution in [0.25, 0.3) is 11.1 Å². The van der Waals surface area contributed by atoms with Crippen molar-refractivity contribution in [2.75, 3.05) is 44.2 Å². The molecule has 6 heteroatoms. The molecule has 2 unspecified atom stereocenters. The minimum Gasteiger partial charge on any atom is -0.371 e. The van der Waals surface area contributed by atoms with E-state index < -0.39 is 0 Å². The predicted octanol–water partition coefficient (Wildman–Crippen LogP) is 2.85. The summed E-state index contributed by atoms with van der Waals surface area (Å²) in [5.41, 5.74) is 3.53. The molecule has 5 rings (SSSR count). The molecule has 3 fully saturated rings. The standard InChI is InChI=1S/C22H26N4O2/c27-22(26-15-18-6-7-19(16-26)28-18)25-12-10-24(11-13-25)21-14-23-9-8-20(21)17-4-2-1-3-5-17/h1-5,8-9,14,18-19H,6-7,10-13,15-16H2. The molecule has 0 aliphatic carbocycles. The van der Waals surface area contributed by atoms with Gasteiger partial charge in [0.1, 0.15) is 0 Å². The highest BCUT2D eigenvalue weighted by Gasteiger charge is 2.37. The number of aromatic nitrogens is 1. The van der Waals surface area contributed by atoms with E-state index in [0.29, 0.717) is 0 Å². The number of ether oxygens (including phenoxy) is 1. The maximum absolute atomic E-state index is 13.0. The molecule has 2 amide bonds. The van der Waals surface area contributed by atoms with Crippen LogP contribution >= 0.6 is 0 Å². The van der Waals surface area contributed by atoms with Crippen molar-refractivity contribution in [1.82, 2.24) is 14.8 Å². The Balaban J connectivity index is 1.26. The van der Waals surface area contributed by atoms with Crippen LogP contribution in [0.1, 0.15) is 12.8 Å². The molecule has 146 valence electrons. The van der Waals surface area contributed by atoms with Crippen LogP contribution in [0.15, 0.2) is 48.8 Å². The number of hydrogen-bond donors (Lipinski definition) is 0. The number of morpholine rings is 1. The van der Waals surface area contributed by atoms with Gasteiger partial charge in [0, 0.05) is 51.0 Å². The van der Waals surface area contributed by atoms with Gasteiger partial charge in [0.25, 0.3) is 0 Å². The number of carbonyl (C=O) groups is 1. The van der Waals surface area contributed by atoms with Gasteiger partial charge in [-0.1, -0.05) is 30.3 Å². The van der Waals surface area contributed by atoms with E-state index in [2.05, 4.69) is 40.2 Å². The fourth-order valence-corrected chi connectivity index (χ4v) is 4.61. The van der Waals surface area contributed by atoms with Crippen LogP contribution in [0, 0.1) is 0 Å². The third kappa shape index (κ3) is 3.33. The van der Waals surface area contributed by atoms with E-state index in [4.69, 9.17) is 4.74 Å². The molecule has 6 nitrogen and oxygen atoms in total. The number of pyridine rings is 1. The highest BCUT2D eigenvalue weighted by atomic mass is 16.5. The normalized spacial score (nSPS) is 24.5. The van der Waals surface area contributed by atoms with Crippen LogP contribution < -0.4 is 4.90 Å². The Kier molecular flexibility index (Phi) is 4.64. The van der Waals surface area contributed by atoms with Crippen molar-refractivity contribution in [3.05, 3.63) is 48.8 Å². The number of piperazine rings is 1. The zero-order valence-electron chi connectivity index (χ0n) is 16.0. The van der Waals surface area contributed by atoms with Crippen LogP contribution in [0.4, 0.5) is 10.5 Å². The van der Waals surface area contributed by atoms with Crippen molar-refractivity contribution >= 4 is 11.7 Å².